The molecule has 3 atom stereocenters. The van der Waals surface area contributed by atoms with Gasteiger partial charge in [0.1, 0.15) is 11.6 Å². The lowest BCUT2D eigenvalue weighted by Gasteiger charge is -2.62. The number of nitrogens with one attached hydrogen (secondary N) is 3. The third kappa shape index (κ3) is 6.33. The van der Waals surface area contributed by atoms with E-state index in [0.29, 0.717) is 37.9 Å². The molecule has 0 spiro atoms. The highest BCUT2D eigenvalue weighted by Gasteiger charge is 2.58. The molecule has 0 saturated heterocycles. The van der Waals surface area contributed by atoms with Crippen LogP contribution in [0, 0.1) is 11.8 Å². The van der Waals surface area contributed by atoms with Gasteiger partial charge in [-0.3, -0.25) is 9.59 Å². The molecule has 2 aromatic carbocycles. The van der Waals surface area contributed by atoms with Crippen molar-refractivity contribution in [1.29, 1.82) is 0 Å². The zero-order valence-corrected chi connectivity index (χ0v) is 25.1. The van der Waals surface area contributed by atoms with E-state index in [9.17, 15) is 14.4 Å². The smallest absolute Gasteiger partial charge is 0.408 e. The summed E-state index contributed by atoms with van der Waals surface area (Å²) in [5.74, 6) is 0.977. The van der Waals surface area contributed by atoms with Crippen LogP contribution in [0.15, 0.2) is 54.6 Å². The van der Waals surface area contributed by atoms with Gasteiger partial charge in [0.25, 0.3) is 0 Å². The van der Waals surface area contributed by atoms with Crippen LogP contribution >= 0.6 is 0 Å². The Morgan fingerprint density at radius 1 is 0.905 bits per heavy atom. The van der Waals surface area contributed by atoms with Crippen molar-refractivity contribution in [2.75, 3.05) is 6.54 Å². The molecule has 8 nitrogen and oxygen atoms in total. The number of hydrogen-bond acceptors (Lipinski definition) is 5. The van der Waals surface area contributed by atoms with E-state index in [2.05, 4.69) is 28.1 Å². The Kier molecular flexibility index (Phi) is 7.54. The summed E-state index contributed by atoms with van der Waals surface area (Å²) in [4.78, 5) is 41.9. The number of hydrogen-bond donors (Lipinski definition) is 3. The van der Waals surface area contributed by atoms with Gasteiger partial charge in [-0.2, -0.15) is 0 Å². The third-order valence-electron chi connectivity index (χ3n) is 9.55. The maximum Gasteiger partial charge on any atom is 0.408 e. The highest BCUT2D eigenvalue weighted by molar-refractivity contribution is 5.86. The Bertz CT molecular complexity index is 1300. The van der Waals surface area contributed by atoms with Gasteiger partial charge in [0.05, 0.1) is 6.54 Å². The molecule has 1 heterocycles. The molecule has 2 aromatic rings. The molecule has 224 valence electrons. The molecule has 4 fully saturated rings. The van der Waals surface area contributed by atoms with E-state index in [4.69, 9.17) is 4.74 Å². The van der Waals surface area contributed by atoms with Gasteiger partial charge in [0.2, 0.25) is 11.8 Å². The third-order valence-corrected chi connectivity index (χ3v) is 9.55. The average Bonchev–Trinajstić information content (AvgIpc) is 3.35. The zero-order valence-electron chi connectivity index (χ0n) is 25.1. The van der Waals surface area contributed by atoms with Crippen LogP contribution in [-0.2, 0) is 33.8 Å². The number of benzene rings is 2. The van der Waals surface area contributed by atoms with E-state index in [1.54, 1.807) is 0 Å². The Balaban J connectivity index is 1.13. The molecule has 4 aliphatic carbocycles. The van der Waals surface area contributed by atoms with Crippen LogP contribution in [-0.4, -0.2) is 52.1 Å². The number of carbonyl (C=O) groups is 3. The number of alkyl carbamates (subject to hydrolysis) is 1. The van der Waals surface area contributed by atoms with Gasteiger partial charge in [-0.1, -0.05) is 54.6 Å². The summed E-state index contributed by atoms with van der Waals surface area (Å²) in [6.07, 6.45) is 5.74. The minimum atomic E-state index is -0.752. The standard InChI is InChI=1S/C34H44N4O4/c1-32(2,3)42-31(41)36-28(14-23-9-5-4-6-10-23)30(40)37-34-17-24-13-25(18-34)16-33(15-24,22-34)35-19-29(39)38-20-26-11-7-8-12-27(26)21-38/h4-12,24-25,28,35H,13-22H2,1-3H3,(H,36,41)(H,37,40)/t24?,25?,28-,33?,34?/m0/s1. The fraction of sp³-hybridized carbons (Fsp3) is 0.559. The highest BCUT2D eigenvalue weighted by atomic mass is 16.6. The van der Waals surface area contributed by atoms with Gasteiger partial charge in [0.15, 0.2) is 0 Å². The van der Waals surface area contributed by atoms with Crippen LogP contribution < -0.4 is 16.0 Å². The molecule has 0 aromatic heterocycles. The van der Waals surface area contributed by atoms with Crippen molar-refractivity contribution in [3.63, 3.8) is 0 Å². The van der Waals surface area contributed by atoms with Crippen LogP contribution in [0.4, 0.5) is 4.79 Å². The second-order valence-corrected chi connectivity index (χ2v) is 14.3. The van der Waals surface area contributed by atoms with Crippen molar-refractivity contribution >= 4 is 17.9 Å². The van der Waals surface area contributed by atoms with E-state index in [1.807, 2.05) is 68.1 Å². The molecule has 1 aliphatic heterocycles. The summed E-state index contributed by atoms with van der Waals surface area (Å²) in [5, 5.41) is 10.0. The van der Waals surface area contributed by atoms with Crippen molar-refractivity contribution < 1.29 is 19.1 Å². The molecule has 4 saturated carbocycles. The van der Waals surface area contributed by atoms with Crippen molar-refractivity contribution in [3.05, 3.63) is 71.3 Å². The second kappa shape index (κ2) is 11.0. The molecular formula is C34H44N4O4. The van der Waals surface area contributed by atoms with Gasteiger partial charge in [-0.15, -0.1) is 0 Å². The molecule has 7 rings (SSSR count). The first-order chi connectivity index (χ1) is 20.0. The quantitative estimate of drug-likeness (QED) is 0.434. The van der Waals surface area contributed by atoms with Gasteiger partial charge < -0.3 is 25.6 Å². The summed E-state index contributed by atoms with van der Waals surface area (Å²) >= 11 is 0. The normalized spacial score (nSPS) is 28.2. The minimum absolute atomic E-state index is 0.129. The minimum Gasteiger partial charge on any atom is -0.444 e. The molecule has 2 unspecified atom stereocenters. The number of nitrogens with zero attached hydrogens (tertiary/aromatic N) is 1. The topological polar surface area (TPSA) is 99.8 Å². The Hall–Kier alpha value is -3.39. The largest absolute Gasteiger partial charge is 0.444 e. The predicted molar refractivity (Wildman–Crippen MR) is 160 cm³/mol. The molecule has 5 aliphatic rings. The van der Waals surface area contributed by atoms with Crippen LogP contribution in [0.3, 0.4) is 0 Å². The molecular weight excluding hydrogens is 528 g/mol. The van der Waals surface area contributed by atoms with Crippen LogP contribution in [0.1, 0.15) is 76.0 Å². The molecule has 8 heteroatoms. The predicted octanol–water partition coefficient (Wildman–Crippen LogP) is 4.46. The van der Waals surface area contributed by atoms with Gasteiger partial charge in [-0.25, -0.2) is 4.79 Å². The van der Waals surface area contributed by atoms with E-state index in [1.165, 1.54) is 17.5 Å². The summed E-state index contributed by atoms with van der Waals surface area (Å²) in [6.45, 7) is 7.09. The summed E-state index contributed by atoms with van der Waals surface area (Å²) in [5.41, 5.74) is 2.27. The maximum atomic E-state index is 13.9. The van der Waals surface area contributed by atoms with Crippen molar-refractivity contribution in [1.82, 2.24) is 20.9 Å². The van der Waals surface area contributed by atoms with Gasteiger partial charge in [-0.05, 0) is 87.8 Å². The molecule has 3 N–H and O–H groups in total. The van der Waals surface area contributed by atoms with Crippen LogP contribution in [0.5, 0.6) is 0 Å². The maximum absolute atomic E-state index is 13.9. The Labute approximate surface area is 249 Å². The second-order valence-electron chi connectivity index (χ2n) is 14.3. The van der Waals surface area contributed by atoms with Crippen molar-refractivity contribution in [2.45, 2.75) is 102 Å². The van der Waals surface area contributed by atoms with E-state index >= 15 is 0 Å². The highest BCUT2D eigenvalue weighted by Crippen LogP contribution is 2.57. The first kappa shape index (κ1) is 28.7. The number of rotatable bonds is 8. The lowest BCUT2D eigenvalue weighted by Crippen LogP contribution is -2.70. The van der Waals surface area contributed by atoms with E-state index in [-0.39, 0.29) is 22.9 Å². The monoisotopic (exact) mass is 572 g/mol. The summed E-state index contributed by atoms with van der Waals surface area (Å²) < 4.78 is 5.51. The van der Waals surface area contributed by atoms with Gasteiger partial charge >= 0.3 is 6.09 Å². The Morgan fingerprint density at radius 3 is 2.12 bits per heavy atom. The van der Waals surface area contributed by atoms with Crippen molar-refractivity contribution in [3.8, 4) is 0 Å². The lowest BCUT2D eigenvalue weighted by molar-refractivity contribution is -0.135. The van der Waals surface area contributed by atoms with Crippen LogP contribution in [0.25, 0.3) is 0 Å². The van der Waals surface area contributed by atoms with E-state index < -0.39 is 17.7 Å². The molecule has 4 bridgehead atoms. The number of ether oxygens (including phenoxy) is 1. The van der Waals surface area contributed by atoms with Crippen LogP contribution in [0.2, 0.25) is 0 Å². The fourth-order valence-corrected chi connectivity index (χ4v) is 8.36. The van der Waals surface area contributed by atoms with Crippen molar-refractivity contribution in [2.24, 2.45) is 11.8 Å². The fourth-order valence-electron chi connectivity index (χ4n) is 8.36. The molecule has 42 heavy (non-hydrogen) atoms. The summed E-state index contributed by atoms with van der Waals surface area (Å²) in [6, 6.07) is 17.3. The first-order valence-electron chi connectivity index (χ1n) is 15.4. The lowest BCUT2D eigenvalue weighted by atomic mass is 9.49. The first-order valence-corrected chi connectivity index (χ1v) is 15.4. The van der Waals surface area contributed by atoms with E-state index in [0.717, 1.165) is 37.7 Å². The number of carbonyl (C=O) groups excluding carboxylic acids is 3. The molecule has 3 amide bonds. The SMILES string of the molecule is CC(C)(C)OC(=O)N[C@@H](Cc1ccccc1)C(=O)NC12CC3CC(CC(NCC(=O)N4Cc5ccccc5C4)(C3)C1)C2. The number of fused-ring (bicyclic) bond motifs is 1. The molecule has 0 radical (unpaired) electrons. The zero-order chi connectivity index (χ0) is 29.5. The number of amides is 3. The van der Waals surface area contributed by atoms with Gasteiger partial charge in [0, 0.05) is 30.6 Å². The average molecular weight is 573 g/mol. The summed E-state index contributed by atoms with van der Waals surface area (Å²) in [7, 11) is 0. The Morgan fingerprint density at radius 2 is 1.50 bits per heavy atom.